The number of benzene rings is 1. The summed E-state index contributed by atoms with van der Waals surface area (Å²) >= 11 is 0. The van der Waals surface area contributed by atoms with Gasteiger partial charge in [0.05, 0.1) is 24.0 Å². The first-order chi connectivity index (χ1) is 9.14. The maximum atomic E-state index is 11.8. The summed E-state index contributed by atoms with van der Waals surface area (Å²) in [6.45, 7) is 7.02. The van der Waals surface area contributed by atoms with Crippen LogP contribution in [0.4, 0.5) is 16.2 Å². The second-order valence-corrected chi connectivity index (χ2v) is 5.40. The third kappa shape index (κ3) is 4.15. The first-order valence-corrected chi connectivity index (χ1v) is 6.12. The molecule has 0 saturated carbocycles. The number of amides is 1. The van der Waals surface area contributed by atoms with Gasteiger partial charge < -0.3 is 15.2 Å². The van der Waals surface area contributed by atoms with Gasteiger partial charge in [-0.2, -0.15) is 0 Å². The predicted molar refractivity (Wildman–Crippen MR) is 76.8 cm³/mol. The van der Waals surface area contributed by atoms with Crippen molar-refractivity contribution in [3.05, 3.63) is 23.3 Å². The average Bonchev–Trinajstić information content (AvgIpc) is 2.29. The van der Waals surface area contributed by atoms with E-state index in [-0.39, 0.29) is 16.9 Å². The molecule has 0 aliphatic carbocycles. The van der Waals surface area contributed by atoms with E-state index >= 15 is 0 Å². The van der Waals surface area contributed by atoms with Crippen molar-refractivity contribution in [1.29, 1.82) is 0 Å². The number of anilines is 2. The number of carbonyl (C=O) groups is 2. The zero-order chi connectivity index (χ0) is 15.5. The van der Waals surface area contributed by atoms with E-state index in [1.165, 1.54) is 7.11 Å². The monoisotopic (exact) mass is 280 g/mol. The van der Waals surface area contributed by atoms with Crippen molar-refractivity contribution in [2.45, 2.75) is 33.3 Å². The standard InChI is InChI=1S/C14H20N2O4/c1-8-6-9(12(17)19-5)11(10(15)7-8)16-13(18)20-14(2,3)4/h6-7H,15H2,1-5H3,(H,16,18). The lowest BCUT2D eigenvalue weighted by Crippen LogP contribution is -2.28. The molecule has 6 heteroatoms. The first-order valence-electron chi connectivity index (χ1n) is 6.12. The van der Waals surface area contributed by atoms with Crippen LogP contribution in [0.2, 0.25) is 0 Å². The van der Waals surface area contributed by atoms with Crippen molar-refractivity contribution in [1.82, 2.24) is 0 Å². The smallest absolute Gasteiger partial charge is 0.412 e. The lowest BCUT2D eigenvalue weighted by atomic mass is 10.1. The Bertz CT molecular complexity index is 533. The largest absolute Gasteiger partial charge is 0.465 e. The number of hydrogen-bond donors (Lipinski definition) is 2. The molecule has 1 aromatic carbocycles. The second kappa shape index (κ2) is 5.81. The lowest BCUT2D eigenvalue weighted by molar-refractivity contribution is 0.0602. The summed E-state index contributed by atoms with van der Waals surface area (Å²) in [5.41, 5.74) is 6.65. The fourth-order valence-electron chi connectivity index (χ4n) is 1.63. The summed E-state index contributed by atoms with van der Waals surface area (Å²) in [6.07, 6.45) is -0.682. The van der Waals surface area contributed by atoms with Gasteiger partial charge in [-0.15, -0.1) is 0 Å². The zero-order valence-corrected chi connectivity index (χ0v) is 12.4. The summed E-state index contributed by atoms with van der Waals surface area (Å²) in [5, 5.41) is 2.49. The fraction of sp³-hybridized carbons (Fsp3) is 0.429. The number of esters is 1. The average molecular weight is 280 g/mol. The predicted octanol–water partition coefficient (Wildman–Crippen LogP) is 2.71. The Balaban J connectivity index is 3.11. The van der Waals surface area contributed by atoms with Crippen LogP contribution in [0.3, 0.4) is 0 Å². The van der Waals surface area contributed by atoms with Gasteiger partial charge in [0.2, 0.25) is 0 Å². The molecular formula is C14H20N2O4. The highest BCUT2D eigenvalue weighted by atomic mass is 16.6. The molecule has 0 aliphatic rings. The summed E-state index contributed by atoms with van der Waals surface area (Å²) in [7, 11) is 1.26. The molecular weight excluding hydrogens is 260 g/mol. The Morgan fingerprint density at radius 3 is 2.35 bits per heavy atom. The van der Waals surface area contributed by atoms with Crippen molar-refractivity contribution >= 4 is 23.4 Å². The van der Waals surface area contributed by atoms with Crippen LogP contribution in [-0.4, -0.2) is 24.8 Å². The third-order valence-electron chi connectivity index (χ3n) is 2.34. The molecule has 3 N–H and O–H groups in total. The Labute approximate surface area is 118 Å². The van der Waals surface area contributed by atoms with Gasteiger partial charge in [-0.05, 0) is 45.4 Å². The van der Waals surface area contributed by atoms with Gasteiger partial charge in [-0.1, -0.05) is 0 Å². The van der Waals surface area contributed by atoms with Crippen LogP contribution in [0.5, 0.6) is 0 Å². The molecule has 110 valence electrons. The van der Waals surface area contributed by atoms with Crippen molar-refractivity contribution in [3.8, 4) is 0 Å². The first kappa shape index (κ1) is 15.8. The van der Waals surface area contributed by atoms with E-state index in [0.717, 1.165) is 5.56 Å². The van der Waals surface area contributed by atoms with E-state index < -0.39 is 17.7 Å². The Hall–Kier alpha value is -2.24. The third-order valence-corrected chi connectivity index (χ3v) is 2.34. The van der Waals surface area contributed by atoms with E-state index in [0.29, 0.717) is 0 Å². The fourth-order valence-corrected chi connectivity index (χ4v) is 1.63. The number of aryl methyl sites for hydroxylation is 1. The van der Waals surface area contributed by atoms with Gasteiger partial charge in [0.1, 0.15) is 5.60 Å². The number of nitrogens with one attached hydrogen (secondary N) is 1. The van der Waals surface area contributed by atoms with Crippen LogP contribution in [0, 0.1) is 6.92 Å². The van der Waals surface area contributed by atoms with E-state index in [1.54, 1.807) is 39.8 Å². The van der Waals surface area contributed by atoms with Crippen molar-refractivity contribution in [3.63, 3.8) is 0 Å². The molecule has 0 aromatic heterocycles. The molecule has 0 heterocycles. The summed E-state index contributed by atoms with van der Waals surface area (Å²) in [6, 6.07) is 3.24. The summed E-state index contributed by atoms with van der Waals surface area (Å²) in [5.74, 6) is -0.577. The SMILES string of the molecule is COC(=O)c1cc(C)cc(N)c1NC(=O)OC(C)(C)C. The van der Waals surface area contributed by atoms with Crippen LogP contribution in [-0.2, 0) is 9.47 Å². The molecule has 1 rings (SSSR count). The van der Waals surface area contributed by atoms with E-state index in [2.05, 4.69) is 10.1 Å². The number of nitrogens with two attached hydrogens (primary N) is 1. The molecule has 6 nitrogen and oxygen atoms in total. The van der Waals surface area contributed by atoms with Gasteiger partial charge in [0, 0.05) is 0 Å². The lowest BCUT2D eigenvalue weighted by Gasteiger charge is -2.21. The van der Waals surface area contributed by atoms with Crippen LogP contribution >= 0.6 is 0 Å². The highest BCUT2D eigenvalue weighted by Gasteiger charge is 2.21. The van der Waals surface area contributed by atoms with Crippen molar-refractivity contribution in [2.24, 2.45) is 0 Å². The molecule has 1 amide bonds. The number of ether oxygens (including phenoxy) is 2. The number of carbonyl (C=O) groups excluding carboxylic acids is 2. The Morgan fingerprint density at radius 2 is 1.85 bits per heavy atom. The van der Waals surface area contributed by atoms with Crippen LogP contribution in [0.25, 0.3) is 0 Å². The van der Waals surface area contributed by atoms with Crippen molar-refractivity contribution < 1.29 is 19.1 Å². The molecule has 0 radical (unpaired) electrons. The van der Waals surface area contributed by atoms with Crippen LogP contribution < -0.4 is 11.1 Å². The quantitative estimate of drug-likeness (QED) is 0.642. The minimum Gasteiger partial charge on any atom is -0.465 e. The highest BCUT2D eigenvalue weighted by molar-refractivity contribution is 6.03. The van der Waals surface area contributed by atoms with E-state index in [1.807, 2.05) is 0 Å². The number of hydrogen-bond acceptors (Lipinski definition) is 5. The van der Waals surface area contributed by atoms with Crippen LogP contribution in [0.15, 0.2) is 12.1 Å². The van der Waals surface area contributed by atoms with Crippen LogP contribution in [0.1, 0.15) is 36.7 Å². The molecule has 0 spiro atoms. The minimum absolute atomic E-state index is 0.191. The maximum absolute atomic E-state index is 11.8. The number of rotatable bonds is 2. The molecule has 0 saturated heterocycles. The summed E-state index contributed by atoms with van der Waals surface area (Å²) in [4.78, 5) is 23.5. The summed E-state index contributed by atoms with van der Waals surface area (Å²) < 4.78 is 9.82. The van der Waals surface area contributed by atoms with E-state index in [4.69, 9.17) is 10.5 Å². The van der Waals surface area contributed by atoms with Gasteiger partial charge in [-0.25, -0.2) is 9.59 Å². The second-order valence-electron chi connectivity index (χ2n) is 5.40. The minimum atomic E-state index is -0.682. The molecule has 1 aromatic rings. The maximum Gasteiger partial charge on any atom is 0.412 e. The Morgan fingerprint density at radius 1 is 1.25 bits per heavy atom. The normalized spacial score (nSPS) is 10.8. The molecule has 0 bridgehead atoms. The van der Waals surface area contributed by atoms with Gasteiger partial charge >= 0.3 is 12.1 Å². The topological polar surface area (TPSA) is 90.6 Å². The Kier molecular flexibility index (Phi) is 4.60. The molecule has 20 heavy (non-hydrogen) atoms. The molecule has 0 atom stereocenters. The molecule has 0 fully saturated rings. The zero-order valence-electron chi connectivity index (χ0n) is 12.4. The van der Waals surface area contributed by atoms with Gasteiger partial charge in [-0.3, -0.25) is 5.32 Å². The highest BCUT2D eigenvalue weighted by Crippen LogP contribution is 2.27. The number of nitrogen functional groups attached to an aromatic ring is 1. The van der Waals surface area contributed by atoms with Gasteiger partial charge in [0.25, 0.3) is 0 Å². The molecule has 0 aliphatic heterocycles. The molecule has 0 unspecified atom stereocenters. The van der Waals surface area contributed by atoms with E-state index in [9.17, 15) is 9.59 Å². The van der Waals surface area contributed by atoms with Gasteiger partial charge in [0.15, 0.2) is 0 Å². The number of methoxy groups -OCH3 is 1. The van der Waals surface area contributed by atoms with Crippen molar-refractivity contribution in [2.75, 3.05) is 18.2 Å².